The molecule has 5 aromatic carbocycles. The summed E-state index contributed by atoms with van der Waals surface area (Å²) in [5, 5.41) is 0. The van der Waals surface area contributed by atoms with Crippen molar-refractivity contribution in [2.75, 3.05) is 14.2 Å². The first-order valence-corrected chi connectivity index (χ1v) is 20.5. The van der Waals surface area contributed by atoms with Crippen LogP contribution in [0.3, 0.4) is 0 Å². The molecule has 0 radical (unpaired) electrons. The minimum Gasteiger partial charge on any atom is -0.497 e. The quantitative estimate of drug-likeness (QED) is 0.169. The molecular weight excluding hydrogens is 749 g/mol. The van der Waals surface area contributed by atoms with Gasteiger partial charge in [-0.25, -0.2) is 9.97 Å². The SMILES string of the molecule is COc1ccc(OC)c(-c2ccc(-c3c4nc(c(-c5ccc(C)cc5)c5ccc([nH]5)c(-c5ccc(C)cc5)c5nc(c(-c6ccc(C)cc6)c6ccc3[nH]6)C=C5)C=C4)cc2)c1. The molecule has 6 heteroatoms. The van der Waals surface area contributed by atoms with Crippen LogP contribution in [0.5, 0.6) is 11.5 Å². The first-order valence-electron chi connectivity index (χ1n) is 20.5. The van der Waals surface area contributed by atoms with Crippen LogP contribution in [0, 0.1) is 20.8 Å². The van der Waals surface area contributed by atoms with Gasteiger partial charge < -0.3 is 19.4 Å². The molecule has 0 saturated heterocycles. The van der Waals surface area contributed by atoms with Gasteiger partial charge >= 0.3 is 0 Å². The molecule has 61 heavy (non-hydrogen) atoms. The third-order valence-electron chi connectivity index (χ3n) is 11.7. The molecule has 0 unspecified atom stereocenters. The van der Waals surface area contributed by atoms with Gasteiger partial charge in [-0.3, -0.25) is 0 Å². The number of fused-ring (bicyclic) bond motifs is 8. The minimum atomic E-state index is 0.769. The van der Waals surface area contributed by atoms with E-state index in [1.165, 1.54) is 16.7 Å². The third kappa shape index (κ3) is 7.02. The lowest BCUT2D eigenvalue weighted by molar-refractivity contribution is 0.404. The molecule has 3 aromatic heterocycles. The van der Waals surface area contributed by atoms with Crippen LogP contribution in [0.15, 0.2) is 140 Å². The number of nitrogens with one attached hydrogen (secondary N) is 2. The maximum atomic E-state index is 5.77. The average Bonchev–Trinajstić information content (AvgIpc) is 4.14. The highest BCUT2D eigenvalue weighted by Gasteiger charge is 2.19. The Morgan fingerprint density at radius 2 is 0.689 bits per heavy atom. The molecule has 0 spiro atoms. The van der Waals surface area contributed by atoms with E-state index in [0.717, 1.165) is 112 Å². The van der Waals surface area contributed by atoms with E-state index < -0.39 is 0 Å². The summed E-state index contributed by atoms with van der Waals surface area (Å²) < 4.78 is 11.3. The largest absolute Gasteiger partial charge is 0.497 e. The Morgan fingerprint density at radius 3 is 1.02 bits per heavy atom. The molecular formula is C55H44N4O2. The Hall–Kier alpha value is -7.70. The van der Waals surface area contributed by atoms with E-state index in [4.69, 9.17) is 19.4 Å². The summed E-state index contributed by atoms with van der Waals surface area (Å²) in [6, 6.07) is 49.2. The Morgan fingerprint density at radius 1 is 0.361 bits per heavy atom. The van der Waals surface area contributed by atoms with Crippen molar-refractivity contribution in [1.29, 1.82) is 0 Å². The number of aromatic nitrogens is 4. The van der Waals surface area contributed by atoms with E-state index in [9.17, 15) is 0 Å². The highest BCUT2D eigenvalue weighted by atomic mass is 16.5. The maximum Gasteiger partial charge on any atom is 0.126 e. The summed E-state index contributed by atoms with van der Waals surface area (Å²) in [7, 11) is 3.38. The number of rotatable bonds is 7. The predicted molar refractivity (Wildman–Crippen MR) is 253 cm³/mol. The second-order valence-corrected chi connectivity index (χ2v) is 15.7. The number of nitrogens with zero attached hydrogens (tertiary/aromatic N) is 2. The molecule has 2 N–H and O–H groups in total. The van der Waals surface area contributed by atoms with E-state index in [2.05, 4.69) is 176 Å². The van der Waals surface area contributed by atoms with Crippen molar-refractivity contribution in [3.63, 3.8) is 0 Å². The summed E-state index contributed by atoms with van der Waals surface area (Å²) in [5.74, 6) is 1.55. The van der Waals surface area contributed by atoms with Crippen LogP contribution in [0.1, 0.15) is 39.5 Å². The van der Waals surface area contributed by atoms with Gasteiger partial charge in [-0.2, -0.15) is 0 Å². The van der Waals surface area contributed by atoms with Gasteiger partial charge in [-0.1, -0.05) is 114 Å². The summed E-state index contributed by atoms with van der Waals surface area (Å²) in [6.45, 7) is 6.35. The normalized spacial score (nSPS) is 11.9. The first-order chi connectivity index (χ1) is 29.8. The fourth-order valence-electron chi connectivity index (χ4n) is 8.44. The van der Waals surface area contributed by atoms with Gasteiger partial charge in [0, 0.05) is 49.9 Å². The lowest BCUT2D eigenvalue weighted by Crippen LogP contribution is -1.91. The zero-order valence-corrected chi connectivity index (χ0v) is 34.8. The maximum absolute atomic E-state index is 5.77. The van der Waals surface area contributed by atoms with E-state index in [1.807, 2.05) is 18.2 Å². The molecule has 0 atom stereocenters. The monoisotopic (exact) mass is 792 g/mol. The van der Waals surface area contributed by atoms with Crippen LogP contribution >= 0.6 is 0 Å². The Labute approximate surface area is 355 Å². The number of aromatic amines is 2. The van der Waals surface area contributed by atoms with Gasteiger partial charge in [0.2, 0.25) is 0 Å². The lowest BCUT2D eigenvalue weighted by Gasteiger charge is -2.12. The van der Waals surface area contributed by atoms with Gasteiger partial charge in [-0.15, -0.1) is 0 Å². The molecule has 0 amide bonds. The molecule has 5 heterocycles. The fourth-order valence-corrected chi connectivity index (χ4v) is 8.44. The van der Waals surface area contributed by atoms with Gasteiger partial charge in [0.15, 0.2) is 0 Å². The fraction of sp³-hybridized carbons (Fsp3) is 0.0909. The number of benzene rings is 5. The van der Waals surface area contributed by atoms with Crippen molar-refractivity contribution in [3.05, 3.63) is 179 Å². The van der Waals surface area contributed by atoms with E-state index >= 15 is 0 Å². The molecule has 0 aliphatic carbocycles. The van der Waals surface area contributed by atoms with Crippen LogP contribution in [0.4, 0.5) is 0 Å². The second-order valence-electron chi connectivity index (χ2n) is 15.7. The Balaban J connectivity index is 1.31. The van der Waals surface area contributed by atoms with Gasteiger partial charge in [0.05, 0.1) is 37.0 Å². The van der Waals surface area contributed by atoms with Gasteiger partial charge in [0.25, 0.3) is 0 Å². The van der Waals surface area contributed by atoms with E-state index in [1.54, 1.807) is 14.2 Å². The van der Waals surface area contributed by atoms with Crippen molar-refractivity contribution < 1.29 is 9.47 Å². The van der Waals surface area contributed by atoms with Crippen molar-refractivity contribution in [2.45, 2.75) is 20.8 Å². The topological polar surface area (TPSA) is 75.8 Å². The Kier molecular flexibility index (Phi) is 9.53. The number of ether oxygens (including phenoxy) is 2. The smallest absolute Gasteiger partial charge is 0.126 e. The standard InChI is InChI=1S/C55H44N4O2/c1-33-6-12-37(13-7-33)52-43-23-25-45(56-43)53(38-14-8-34(2)9-15-38)47-27-29-49(58-47)55(40-20-18-36(19-21-40)42-32-41(60-4)22-31-51(42)61-5)50-30-28-48(59-50)54(46-26-24-44(52)57-46)39-16-10-35(3)11-17-39/h6-32,56,59H,1-5H3. The summed E-state index contributed by atoms with van der Waals surface area (Å²) >= 11 is 0. The summed E-state index contributed by atoms with van der Waals surface area (Å²) in [5.41, 5.74) is 21.3. The molecule has 0 saturated carbocycles. The number of hydrogen-bond acceptors (Lipinski definition) is 4. The first kappa shape index (κ1) is 37.6. The lowest BCUT2D eigenvalue weighted by atomic mass is 9.98. The molecule has 0 fully saturated rings. The van der Waals surface area contributed by atoms with Crippen LogP contribution in [0.25, 0.3) is 102 Å². The molecule has 10 rings (SSSR count). The summed E-state index contributed by atoms with van der Waals surface area (Å²) in [6.07, 6.45) is 8.57. The highest BCUT2D eigenvalue weighted by molar-refractivity contribution is 6.00. The number of hydrogen-bond donors (Lipinski definition) is 2. The zero-order valence-electron chi connectivity index (χ0n) is 34.8. The molecule has 8 bridgehead atoms. The molecule has 296 valence electrons. The molecule has 6 nitrogen and oxygen atoms in total. The van der Waals surface area contributed by atoms with E-state index in [-0.39, 0.29) is 0 Å². The van der Waals surface area contributed by atoms with Crippen molar-refractivity contribution >= 4 is 46.4 Å². The third-order valence-corrected chi connectivity index (χ3v) is 11.7. The van der Waals surface area contributed by atoms with Crippen LogP contribution in [0.2, 0.25) is 0 Å². The molecule has 2 aliphatic heterocycles. The number of methoxy groups -OCH3 is 2. The van der Waals surface area contributed by atoms with Gasteiger partial charge in [-0.05, 0) is 115 Å². The minimum absolute atomic E-state index is 0.769. The second kappa shape index (κ2) is 15.5. The highest BCUT2D eigenvalue weighted by Crippen LogP contribution is 2.40. The van der Waals surface area contributed by atoms with Crippen LogP contribution in [-0.4, -0.2) is 34.2 Å². The van der Waals surface area contributed by atoms with Crippen LogP contribution < -0.4 is 9.47 Å². The molecule has 2 aliphatic rings. The number of H-pyrrole nitrogens is 2. The predicted octanol–water partition coefficient (Wildman–Crippen LogP) is 13.9. The van der Waals surface area contributed by atoms with Crippen molar-refractivity contribution in [2.24, 2.45) is 0 Å². The van der Waals surface area contributed by atoms with E-state index in [0.29, 0.717) is 0 Å². The number of aryl methyl sites for hydroxylation is 3. The average molecular weight is 793 g/mol. The summed E-state index contributed by atoms with van der Waals surface area (Å²) in [4.78, 5) is 18.7. The van der Waals surface area contributed by atoms with Crippen LogP contribution in [-0.2, 0) is 0 Å². The Bertz CT molecular complexity index is 3160. The zero-order chi connectivity index (χ0) is 41.6. The molecule has 8 aromatic rings. The van der Waals surface area contributed by atoms with Gasteiger partial charge in [0.1, 0.15) is 11.5 Å². The van der Waals surface area contributed by atoms with Crippen molar-refractivity contribution in [3.8, 4) is 67.1 Å². The van der Waals surface area contributed by atoms with Crippen molar-refractivity contribution in [1.82, 2.24) is 19.9 Å².